The van der Waals surface area contributed by atoms with E-state index in [4.69, 9.17) is 0 Å². The van der Waals surface area contributed by atoms with E-state index >= 15 is 0 Å². The van der Waals surface area contributed by atoms with Crippen LogP contribution >= 0.6 is 0 Å². The summed E-state index contributed by atoms with van der Waals surface area (Å²) in [4.78, 5) is 7.04. The molecule has 0 aromatic carbocycles. The average molecular weight is 201 g/mol. The summed E-state index contributed by atoms with van der Waals surface area (Å²) in [5.74, 6) is 0.204. The second-order valence-corrected chi connectivity index (χ2v) is 5.34. The van der Waals surface area contributed by atoms with Crippen molar-refractivity contribution in [1.29, 1.82) is 0 Å². The van der Waals surface area contributed by atoms with Crippen molar-refractivity contribution in [2.45, 2.75) is 6.42 Å². The van der Waals surface area contributed by atoms with Gasteiger partial charge in [0.1, 0.15) is 0 Å². The van der Waals surface area contributed by atoms with Gasteiger partial charge in [-0.1, -0.05) is 0 Å². The third-order valence-electron chi connectivity index (χ3n) is 1.82. The maximum atomic E-state index is 12.9. The van der Waals surface area contributed by atoms with Gasteiger partial charge < -0.3 is 0 Å². The molecule has 0 atom stereocenters. The van der Waals surface area contributed by atoms with E-state index in [0.717, 1.165) is 6.42 Å². The van der Waals surface area contributed by atoms with Crippen LogP contribution in [0.2, 0.25) is 0 Å². The largest absolute Gasteiger partial charge is 0.258 e. The molecular formula is C7H8FN3OS. The van der Waals surface area contributed by atoms with Crippen molar-refractivity contribution in [3.63, 3.8) is 0 Å². The summed E-state index contributed by atoms with van der Waals surface area (Å²) >= 11 is 0. The van der Waals surface area contributed by atoms with E-state index in [9.17, 15) is 8.60 Å². The molecule has 2 heterocycles. The lowest BCUT2D eigenvalue weighted by atomic mass is 10.5. The maximum absolute atomic E-state index is 12.9. The van der Waals surface area contributed by atoms with Crippen LogP contribution in [-0.4, -0.2) is 25.7 Å². The van der Waals surface area contributed by atoms with Gasteiger partial charge >= 0.3 is 0 Å². The summed E-state index contributed by atoms with van der Waals surface area (Å²) in [6.07, 6.45) is 3.47. The molecule has 2 rings (SSSR count). The van der Waals surface area contributed by atoms with E-state index in [2.05, 4.69) is 14.3 Å². The van der Waals surface area contributed by atoms with E-state index in [1.807, 2.05) is 0 Å². The van der Waals surface area contributed by atoms with Crippen LogP contribution in [0, 0.1) is 5.95 Å². The normalized spacial score (nSPS) is 19.2. The summed E-state index contributed by atoms with van der Waals surface area (Å²) in [6, 6.07) is 0. The number of halogens is 1. The molecule has 0 N–H and O–H groups in total. The Morgan fingerprint density at radius 2 is 2.08 bits per heavy atom. The third kappa shape index (κ3) is 1.67. The first kappa shape index (κ1) is 8.55. The summed E-state index contributed by atoms with van der Waals surface area (Å²) in [5, 5.41) is 0. The van der Waals surface area contributed by atoms with Gasteiger partial charge in [0.15, 0.2) is 0 Å². The van der Waals surface area contributed by atoms with Gasteiger partial charge in [-0.25, -0.2) is 14.2 Å². The number of hydrogen-bond donors (Lipinski definition) is 0. The van der Waals surface area contributed by atoms with Crippen molar-refractivity contribution < 1.29 is 8.60 Å². The highest BCUT2D eigenvalue weighted by Gasteiger charge is 2.20. The van der Waals surface area contributed by atoms with E-state index in [-0.39, 0.29) is 5.82 Å². The molecule has 1 saturated heterocycles. The summed E-state index contributed by atoms with van der Waals surface area (Å²) in [5.41, 5.74) is 0. The SMILES string of the molecule is O=S1(=Nc2nccnc2F)CCC1. The molecule has 0 unspecified atom stereocenters. The minimum Gasteiger partial charge on any atom is -0.249 e. The Bertz CT molecular complexity index is 429. The zero-order valence-corrected chi connectivity index (χ0v) is 7.63. The highest BCUT2D eigenvalue weighted by atomic mass is 32.2. The Balaban J connectivity index is 2.43. The Kier molecular flexibility index (Phi) is 1.99. The molecule has 0 bridgehead atoms. The lowest BCUT2D eigenvalue weighted by Gasteiger charge is -2.17. The first-order chi connectivity index (χ1) is 6.20. The summed E-state index contributed by atoms with van der Waals surface area (Å²) < 4.78 is 28.2. The van der Waals surface area contributed by atoms with Crippen molar-refractivity contribution in [3.8, 4) is 0 Å². The van der Waals surface area contributed by atoms with Gasteiger partial charge in [-0.15, -0.1) is 0 Å². The minimum atomic E-state index is -2.18. The Labute approximate surface area is 75.4 Å². The fraction of sp³-hybridized carbons (Fsp3) is 0.429. The van der Waals surface area contributed by atoms with Gasteiger partial charge in [-0.3, -0.25) is 0 Å². The minimum absolute atomic E-state index is 0.132. The van der Waals surface area contributed by atoms with Gasteiger partial charge in [0.25, 0.3) is 5.95 Å². The average Bonchev–Trinajstić information content (AvgIpc) is 2.06. The molecule has 6 heteroatoms. The van der Waals surface area contributed by atoms with Gasteiger partial charge in [0.2, 0.25) is 5.82 Å². The lowest BCUT2D eigenvalue weighted by molar-refractivity contribution is 0.579. The van der Waals surface area contributed by atoms with Crippen LogP contribution in [0.15, 0.2) is 16.8 Å². The highest BCUT2D eigenvalue weighted by Crippen LogP contribution is 2.20. The number of aromatic nitrogens is 2. The Morgan fingerprint density at radius 1 is 1.38 bits per heavy atom. The molecule has 0 amide bonds. The molecule has 13 heavy (non-hydrogen) atoms. The molecule has 1 aliphatic rings. The van der Waals surface area contributed by atoms with Gasteiger partial charge in [-0.05, 0) is 6.42 Å². The van der Waals surface area contributed by atoms with Gasteiger partial charge in [-0.2, -0.15) is 8.75 Å². The van der Waals surface area contributed by atoms with Crippen LogP contribution in [0.25, 0.3) is 0 Å². The Hall–Kier alpha value is -1.04. The molecule has 0 aliphatic carbocycles. The summed E-state index contributed by atoms with van der Waals surface area (Å²) in [6.45, 7) is 0. The van der Waals surface area contributed by atoms with E-state index in [0.29, 0.717) is 11.5 Å². The van der Waals surface area contributed by atoms with Gasteiger partial charge in [0.05, 0.1) is 9.73 Å². The predicted octanol–water partition coefficient (Wildman–Crippen LogP) is 1.12. The number of hydrogen-bond acceptors (Lipinski definition) is 4. The van der Waals surface area contributed by atoms with E-state index < -0.39 is 15.7 Å². The lowest BCUT2D eigenvalue weighted by Crippen LogP contribution is -2.23. The van der Waals surface area contributed by atoms with Gasteiger partial charge in [0, 0.05) is 23.9 Å². The van der Waals surface area contributed by atoms with Crippen LogP contribution in [0.5, 0.6) is 0 Å². The molecular weight excluding hydrogens is 193 g/mol. The molecule has 0 spiro atoms. The zero-order valence-electron chi connectivity index (χ0n) is 6.81. The zero-order chi connectivity index (χ0) is 9.31. The van der Waals surface area contributed by atoms with E-state index in [1.54, 1.807) is 0 Å². The highest BCUT2D eigenvalue weighted by molar-refractivity contribution is 7.95. The van der Waals surface area contributed by atoms with Crippen molar-refractivity contribution in [2.75, 3.05) is 11.5 Å². The maximum Gasteiger partial charge on any atom is 0.258 e. The molecule has 0 radical (unpaired) electrons. The van der Waals surface area contributed by atoms with Crippen LogP contribution in [0.3, 0.4) is 0 Å². The first-order valence-electron chi connectivity index (χ1n) is 3.89. The molecule has 1 aromatic heterocycles. The van der Waals surface area contributed by atoms with Crippen LogP contribution in [0.4, 0.5) is 10.2 Å². The quantitative estimate of drug-likeness (QED) is 0.684. The van der Waals surface area contributed by atoms with Crippen molar-refractivity contribution in [1.82, 2.24) is 9.97 Å². The molecule has 0 saturated carbocycles. The predicted molar refractivity (Wildman–Crippen MR) is 46.6 cm³/mol. The Morgan fingerprint density at radius 3 is 2.62 bits per heavy atom. The smallest absolute Gasteiger partial charge is 0.249 e. The van der Waals surface area contributed by atoms with E-state index in [1.165, 1.54) is 12.4 Å². The number of rotatable bonds is 1. The van der Waals surface area contributed by atoms with Crippen molar-refractivity contribution in [3.05, 3.63) is 18.3 Å². The third-order valence-corrected chi connectivity index (χ3v) is 4.17. The van der Waals surface area contributed by atoms with Crippen LogP contribution in [0.1, 0.15) is 6.42 Å². The van der Waals surface area contributed by atoms with Crippen molar-refractivity contribution >= 4 is 15.5 Å². The molecule has 1 aliphatic heterocycles. The number of nitrogens with zero attached hydrogens (tertiary/aromatic N) is 3. The molecule has 1 aromatic rings. The monoisotopic (exact) mass is 201 g/mol. The van der Waals surface area contributed by atoms with Crippen LogP contribution in [-0.2, 0) is 9.73 Å². The first-order valence-corrected chi connectivity index (χ1v) is 5.74. The standard InChI is InChI=1S/C7H8FN3OS/c8-6-7(10-3-2-9-6)11-13(12)4-1-5-13/h2-3H,1,4-5H2. The van der Waals surface area contributed by atoms with Crippen LogP contribution < -0.4 is 0 Å². The fourth-order valence-electron chi connectivity index (χ4n) is 1.02. The molecule has 4 nitrogen and oxygen atoms in total. The second-order valence-electron chi connectivity index (χ2n) is 2.80. The fourth-order valence-corrected chi connectivity index (χ4v) is 2.42. The topological polar surface area (TPSA) is 55.2 Å². The molecule has 70 valence electrons. The molecule has 1 fully saturated rings. The second kappa shape index (κ2) is 3.02. The summed E-state index contributed by atoms with van der Waals surface area (Å²) in [7, 11) is -2.18. The van der Waals surface area contributed by atoms with Crippen molar-refractivity contribution in [2.24, 2.45) is 4.36 Å².